The van der Waals surface area contributed by atoms with Crippen LogP contribution >= 0.6 is 0 Å². The fourth-order valence-corrected chi connectivity index (χ4v) is 4.75. The Bertz CT molecular complexity index is 1270. The summed E-state index contributed by atoms with van der Waals surface area (Å²) < 4.78 is 12.8. The number of carbonyl (C=O) groups is 1. The number of likely N-dealkylation sites (tertiary alicyclic amines) is 1. The minimum Gasteiger partial charge on any atom is -0.497 e. The number of amides is 1. The lowest BCUT2D eigenvalue weighted by atomic mass is 10.0. The Hall–Kier alpha value is -3.39. The van der Waals surface area contributed by atoms with Crippen LogP contribution in [-0.2, 0) is 11.3 Å². The molecule has 1 aliphatic rings. The second-order valence-corrected chi connectivity index (χ2v) is 9.73. The van der Waals surface area contributed by atoms with Crippen molar-refractivity contribution in [1.82, 2.24) is 19.8 Å². The van der Waals surface area contributed by atoms with E-state index >= 15 is 0 Å². The van der Waals surface area contributed by atoms with Crippen LogP contribution in [0.25, 0.3) is 22.3 Å². The van der Waals surface area contributed by atoms with E-state index in [1.165, 1.54) is 23.8 Å². The quantitative estimate of drug-likeness (QED) is 0.488. The third-order valence-corrected chi connectivity index (χ3v) is 6.65. The summed E-state index contributed by atoms with van der Waals surface area (Å²) in [5.74, 6) is 1.44. The van der Waals surface area contributed by atoms with Gasteiger partial charge in [0.2, 0.25) is 5.91 Å². The molecule has 2 heterocycles. The lowest BCUT2D eigenvalue weighted by Gasteiger charge is -2.32. The topological polar surface area (TPSA) is 85.7 Å². The predicted octanol–water partition coefficient (Wildman–Crippen LogP) is 3.85. The highest BCUT2D eigenvalue weighted by Gasteiger charge is 2.19. The molecule has 8 heteroatoms. The van der Waals surface area contributed by atoms with Crippen LogP contribution in [0.4, 0.5) is 0 Å². The molecular formula is C28H36N4O4. The summed E-state index contributed by atoms with van der Waals surface area (Å²) in [6.07, 6.45) is 4.65. The Morgan fingerprint density at radius 2 is 2.00 bits per heavy atom. The summed E-state index contributed by atoms with van der Waals surface area (Å²) in [7, 11) is 3.76. The van der Waals surface area contributed by atoms with Gasteiger partial charge in [0, 0.05) is 17.6 Å². The van der Waals surface area contributed by atoms with Gasteiger partial charge >= 0.3 is 0 Å². The van der Waals surface area contributed by atoms with E-state index in [4.69, 9.17) is 14.5 Å². The molecule has 0 spiro atoms. The molecule has 0 radical (unpaired) electrons. The summed E-state index contributed by atoms with van der Waals surface area (Å²) in [6.45, 7) is 5.35. The molecule has 1 fully saturated rings. The molecule has 1 amide bonds. The summed E-state index contributed by atoms with van der Waals surface area (Å²) in [5, 5.41) is 3.28. The number of nitrogens with zero attached hydrogens (tertiary/aromatic N) is 3. The number of methoxy groups -OCH3 is 1. The first-order chi connectivity index (χ1) is 17.4. The number of benzene rings is 2. The fourth-order valence-electron chi connectivity index (χ4n) is 4.75. The Balaban J connectivity index is 1.66. The highest BCUT2D eigenvalue weighted by molar-refractivity contribution is 5.83. The first-order valence-corrected chi connectivity index (χ1v) is 12.7. The average molecular weight is 493 g/mol. The monoisotopic (exact) mass is 492 g/mol. The predicted molar refractivity (Wildman–Crippen MR) is 142 cm³/mol. The molecule has 36 heavy (non-hydrogen) atoms. The van der Waals surface area contributed by atoms with Gasteiger partial charge in [0.1, 0.15) is 23.9 Å². The molecule has 3 aromatic rings. The molecule has 1 aliphatic heterocycles. The van der Waals surface area contributed by atoms with E-state index in [0.717, 1.165) is 13.0 Å². The number of ether oxygens (including phenoxy) is 2. The zero-order chi connectivity index (χ0) is 25.7. The Kier molecular flexibility index (Phi) is 8.25. The van der Waals surface area contributed by atoms with Crippen molar-refractivity contribution in [3.05, 3.63) is 52.8 Å². The largest absolute Gasteiger partial charge is 0.497 e. The van der Waals surface area contributed by atoms with Gasteiger partial charge in [-0.1, -0.05) is 18.6 Å². The van der Waals surface area contributed by atoms with Gasteiger partial charge in [-0.3, -0.25) is 14.2 Å². The zero-order valence-electron chi connectivity index (χ0n) is 21.6. The van der Waals surface area contributed by atoms with E-state index < -0.39 is 0 Å². The number of hydrogen-bond donors (Lipinski definition) is 1. The first-order valence-electron chi connectivity index (χ1n) is 12.7. The van der Waals surface area contributed by atoms with Gasteiger partial charge in [0.25, 0.3) is 5.56 Å². The van der Waals surface area contributed by atoms with E-state index in [9.17, 15) is 9.59 Å². The van der Waals surface area contributed by atoms with Crippen LogP contribution < -0.4 is 20.3 Å². The molecule has 8 nitrogen and oxygen atoms in total. The van der Waals surface area contributed by atoms with Crippen molar-refractivity contribution in [1.29, 1.82) is 0 Å². The molecule has 1 unspecified atom stereocenters. The maximum Gasteiger partial charge on any atom is 0.262 e. The van der Waals surface area contributed by atoms with E-state index in [1.807, 2.05) is 44.2 Å². The first kappa shape index (κ1) is 25.7. The Morgan fingerprint density at radius 1 is 1.17 bits per heavy atom. The molecule has 1 aromatic heterocycles. The summed E-state index contributed by atoms with van der Waals surface area (Å²) in [5.41, 5.74) is 0.967. The van der Waals surface area contributed by atoms with Crippen LogP contribution in [0.2, 0.25) is 0 Å². The third-order valence-electron chi connectivity index (χ3n) is 6.65. The lowest BCUT2D eigenvalue weighted by Crippen LogP contribution is -2.37. The number of aromatic nitrogens is 2. The molecule has 2 aromatic carbocycles. The molecular weight excluding hydrogens is 456 g/mol. The maximum absolute atomic E-state index is 13.7. The molecule has 0 saturated carbocycles. The van der Waals surface area contributed by atoms with E-state index in [1.54, 1.807) is 19.2 Å². The van der Waals surface area contributed by atoms with Gasteiger partial charge in [-0.25, -0.2) is 4.98 Å². The van der Waals surface area contributed by atoms with Crippen LogP contribution in [0.15, 0.2) is 47.3 Å². The van der Waals surface area contributed by atoms with Gasteiger partial charge in [-0.2, -0.15) is 0 Å². The molecule has 0 aliphatic carbocycles. The number of piperidine rings is 1. The van der Waals surface area contributed by atoms with Gasteiger partial charge < -0.3 is 19.7 Å². The average Bonchev–Trinajstić information content (AvgIpc) is 2.86. The van der Waals surface area contributed by atoms with E-state index in [2.05, 4.69) is 17.3 Å². The van der Waals surface area contributed by atoms with Crippen molar-refractivity contribution in [2.45, 2.75) is 58.2 Å². The standard InChI is InChI=1S/C28H36N4O4/c1-19(2)29-26(33)18-32-27(20-8-7-10-22(16-20)35-4)30-25-12-11-23(17-24(25)28(32)34)36-15-13-21-9-5-6-14-31(21)3/h7-8,10-12,16-17,19,21H,5-6,9,13-15,18H2,1-4H3,(H,29,33). The van der Waals surface area contributed by atoms with E-state index in [-0.39, 0.29) is 24.1 Å². The number of hydrogen-bond acceptors (Lipinski definition) is 6. The second kappa shape index (κ2) is 11.6. The third kappa shape index (κ3) is 6.05. The Morgan fingerprint density at radius 3 is 2.75 bits per heavy atom. The van der Waals surface area contributed by atoms with Crippen LogP contribution in [-0.4, -0.2) is 59.8 Å². The van der Waals surface area contributed by atoms with Crippen LogP contribution in [0.5, 0.6) is 11.5 Å². The summed E-state index contributed by atoms with van der Waals surface area (Å²) in [4.78, 5) is 33.5. The lowest BCUT2D eigenvalue weighted by molar-refractivity contribution is -0.122. The fraction of sp³-hybridized carbons (Fsp3) is 0.464. The normalized spacial score (nSPS) is 16.3. The maximum atomic E-state index is 13.7. The Labute approximate surface area is 212 Å². The van der Waals surface area contributed by atoms with Crippen molar-refractivity contribution in [2.24, 2.45) is 0 Å². The minimum atomic E-state index is -0.283. The van der Waals surface area contributed by atoms with Crippen molar-refractivity contribution < 1.29 is 14.3 Å². The molecule has 192 valence electrons. The molecule has 1 atom stereocenters. The second-order valence-electron chi connectivity index (χ2n) is 9.73. The zero-order valence-corrected chi connectivity index (χ0v) is 21.6. The smallest absolute Gasteiger partial charge is 0.262 e. The van der Waals surface area contributed by atoms with Crippen LogP contribution in [0, 0.1) is 0 Å². The van der Waals surface area contributed by atoms with Gasteiger partial charge in [-0.15, -0.1) is 0 Å². The van der Waals surface area contributed by atoms with Crippen molar-refractivity contribution in [3.8, 4) is 22.9 Å². The number of carbonyl (C=O) groups excluding carboxylic acids is 1. The molecule has 1 saturated heterocycles. The number of nitrogens with one attached hydrogen (secondary N) is 1. The van der Waals surface area contributed by atoms with Crippen molar-refractivity contribution in [3.63, 3.8) is 0 Å². The van der Waals surface area contributed by atoms with Gasteiger partial charge in [-0.05, 0) is 77.0 Å². The van der Waals surface area contributed by atoms with Crippen LogP contribution in [0.3, 0.4) is 0 Å². The highest BCUT2D eigenvalue weighted by Crippen LogP contribution is 2.25. The molecule has 1 N–H and O–H groups in total. The van der Waals surface area contributed by atoms with Crippen LogP contribution in [0.1, 0.15) is 39.5 Å². The molecule has 0 bridgehead atoms. The highest BCUT2D eigenvalue weighted by atomic mass is 16.5. The summed E-state index contributed by atoms with van der Waals surface area (Å²) in [6, 6.07) is 13.2. The SMILES string of the molecule is COc1cccc(-c2nc3ccc(OCCC4CCCCN4C)cc3c(=O)n2CC(=O)NC(C)C)c1. The van der Waals surface area contributed by atoms with E-state index in [0.29, 0.717) is 46.4 Å². The van der Waals surface area contributed by atoms with Crippen molar-refractivity contribution >= 4 is 16.8 Å². The van der Waals surface area contributed by atoms with Crippen molar-refractivity contribution in [2.75, 3.05) is 27.3 Å². The summed E-state index contributed by atoms with van der Waals surface area (Å²) >= 11 is 0. The molecule has 4 rings (SSSR count). The number of rotatable bonds is 9. The minimum absolute atomic E-state index is 0.0369. The van der Waals surface area contributed by atoms with Gasteiger partial charge in [0.05, 0.1) is 24.6 Å². The number of fused-ring (bicyclic) bond motifs is 1. The van der Waals surface area contributed by atoms with Gasteiger partial charge in [0.15, 0.2) is 0 Å².